The van der Waals surface area contributed by atoms with Gasteiger partial charge in [-0.1, -0.05) is 23.5 Å². The smallest absolute Gasteiger partial charge is 0.257 e. The third kappa shape index (κ3) is 2.67. The highest BCUT2D eigenvalue weighted by molar-refractivity contribution is 7.22. The van der Waals surface area contributed by atoms with Crippen LogP contribution in [0.5, 0.6) is 0 Å². The number of benzene rings is 1. The number of rotatable bonds is 2. The van der Waals surface area contributed by atoms with Gasteiger partial charge in [0.15, 0.2) is 5.13 Å². The molecule has 6 heteroatoms. The number of furan rings is 1. The molecule has 0 N–H and O–H groups in total. The van der Waals surface area contributed by atoms with Gasteiger partial charge in [0.1, 0.15) is 11.5 Å². The first-order chi connectivity index (χ1) is 11.6. The molecule has 0 unspecified atom stereocenters. The molecule has 0 radical (unpaired) electrons. The number of para-hydroxylation sites is 1. The molecule has 24 heavy (non-hydrogen) atoms. The third-order valence-corrected chi connectivity index (χ3v) is 5.49. The van der Waals surface area contributed by atoms with E-state index >= 15 is 0 Å². The molecule has 1 saturated heterocycles. The zero-order valence-electron chi connectivity index (χ0n) is 13.8. The van der Waals surface area contributed by atoms with Crippen molar-refractivity contribution in [3.05, 3.63) is 47.4 Å². The van der Waals surface area contributed by atoms with Gasteiger partial charge in [-0.3, -0.25) is 4.79 Å². The Bertz CT molecular complexity index is 858. The highest BCUT2D eigenvalue weighted by atomic mass is 32.1. The molecule has 0 saturated carbocycles. The fraction of sp³-hybridized carbons (Fsp3) is 0.333. The molecule has 1 amide bonds. The largest absolute Gasteiger partial charge is 0.466 e. The minimum Gasteiger partial charge on any atom is -0.466 e. The summed E-state index contributed by atoms with van der Waals surface area (Å²) in [5.41, 5.74) is 1.72. The van der Waals surface area contributed by atoms with Gasteiger partial charge in [0.05, 0.1) is 15.8 Å². The Morgan fingerprint density at radius 2 is 1.92 bits per heavy atom. The molecular weight excluding hydrogens is 322 g/mol. The Hall–Kier alpha value is -2.34. The molecule has 0 atom stereocenters. The standard InChI is InChI=1S/C18H19N3O2S/c1-12-11-14(13(2)23-12)17(22)20-7-9-21(10-8-20)18-19-15-5-3-4-6-16(15)24-18/h3-6,11H,7-10H2,1-2H3. The van der Waals surface area contributed by atoms with E-state index in [4.69, 9.17) is 9.40 Å². The van der Waals surface area contributed by atoms with Crippen molar-refractivity contribution in [1.29, 1.82) is 0 Å². The van der Waals surface area contributed by atoms with E-state index in [0.717, 1.165) is 29.5 Å². The normalized spacial score (nSPS) is 15.2. The van der Waals surface area contributed by atoms with Gasteiger partial charge in [-0.05, 0) is 32.0 Å². The number of carbonyl (C=O) groups is 1. The van der Waals surface area contributed by atoms with Crippen molar-refractivity contribution in [2.45, 2.75) is 13.8 Å². The number of aromatic nitrogens is 1. The first-order valence-electron chi connectivity index (χ1n) is 8.08. The average molecular weight is 341 g/mol. The Morgan fingerprint density at radius 1 is 1.17 bits per heavy atom. The Kier molecular flexibility index (Phi) is 3.76. The second kappa shape index (κ2) is 5.94. The van der Waals surface area contributed by atoms with Crippen molar-refractivity contribution in [2.24, 2.45) is 0 Å². The lowest BCUT2D eigenvalue weighted by atomic mass is 10.2. The monoisotopic (exact) mass is 341 g/mol. The van der Waals surface area contributed by atoms with E-state index in [1.54, 1.807) is 11.3 Å². The zero-order valence-corrected chi connectivity index (χ0v) is 14.6. The second-order valence-corrected chi connectivity index (χ2v) is 7.08. The number of fused-ring (bicyclic) bond motifs is 1. The van der Waals surface area contributed by atoms with Gasteiger partial charge in [0.2, 0.25) is 0 Å². The highest BCUT2D eigenvalue weighted by Gasteiger charge is 2.26. The molecule has 1 aromatic carbocycles. The van der Waals surface area contributed by atoms with E-state index in [0.29, 0.717) is 24.4 Å². The van der Waals surface area contributed by atoms with Gasteiger partial charge >= 0.3 is 0 Å². The van der Waals surface area contributed by atoms with Crippen LogP contribution in [0.4, 0.5) is 5.13 Å². The predicted octanol–water partition coefficient (Wildman–Crippen LogP) is 3.47. The number of piperazine rings is 1. The molecule has 0 aliphatic carbocycles. The topological polar surface area (TPSA) is 49.6 Å². The van der Waals surface area contributed by atoms with E-state index in [1.807, 2.05) is 43.0 Å². The van der Waals surface area contributed by atoms with Crippen LogP contribution in [0.2, 0.25) is 0 Å². The lowest BCUT2D eigenvalue weighted by Crippen LogP contribution is -2.48. The number of anilines is 1. The number of aryl methyl sites for hydroxylation is 2. The van der Waals surface area contributed by atoms with E-state index in [1.165, 1.54) is 4.70 Å². The van der Waals surface area contributed by atoms with E-state index in [9.17, 15) is 4.79 Å². The van der Waals surface area contributed by atoms with Crippen molar-refractivity contribution >= 4 is 32.6 Å². The number of carbonyl (C=O) groups excluding carboxylic acids is 1. The quantitative estimate of drug-likeness (QED) is 0.716. The van der Waals surface area contributed by atoms with Crippen molar-refractivity contribution < 1.29 is 9.21 Å². The molecule has 1 fully saturated rings. The van der Waals surface area contributed by atoms with Gasteiger partial charge in [-0.2, -0.15) is 0 Å². The number of thiazole rings is 1. The fourth-order valence-corrected chi connectivity index (χ4v) is 4.13. The van der Waals surface area contributed by atoms with E-state index in [-0.39, 0.29) is 5.91 Å². The molecule has 0 bridgehead atoms. The zero-order chi connectivity index (χ0) is 16.7. The third-order valence-electron chi connectivity index (χ3n) is 4.39. The number of hydrogen-bond acceptors (Lipinski definition) is 5. The maximum atomic E-state index is 12.7. The summed E-state index contributed by atoms with van der Waals surface area (Å²) in [6.07, 6.45) is 0. The van der Waals surface area contributed by atoms with Crippen LogP contribution < -0.4 is 4.90 Å². The number of hydrogen-bond donors (Lipinski definition) is 0. The molecule has 124 valence electrons. The predicted molar refractivity (Wildman–Crippen MR) is 95.9 cm³/mol. The van der Waals surface area contributed by atoms with Gasteiger partial charge in [-0.15, -0.1) is 0 Å². The van der Waals surface area contributed by atoms with Crippen LogP contribution in [-0.4, -0.2) is 42.0 Å². The van der Waals surface area contributed by atoms with Gasteiger partial charge in [0.25, 0.3) is 5.91 Å². The Labute approximate surface area is 144 Å². The summed E-state index contributed by atoms with van der Waals surface area (Å²) in [6.45, 7) is 6.74. The average Bonchev–Trinajstić information content (AvgIpc) is 3.17. The maximum Gasteiger partial charge on any atom is 0.257 e. The van der Waals surface area contributed by atoms with Crippen LogP contribution in [0.1, 0.15) is 21.9 Å². The van der Waals surface area contributed by atoms with Crippen LogP contribution in [0.3, 0.4) is 0 Å². The first kappa shape index (κ1) is 15.2. The van der Waals surface area contributed by atoms with E-state index < -0.39 is 0 Å². The molecule has 2 aromatic heterocycles. The molecule has 3 heterocycles. The van der Waals surface area contributed by atoms with Crippen LogP contribution >= 0.6 is 11.3 Å². The molecular formula is C18H19N3O2S. The molecule has 1 aliphatic rings. The lowest BCUT2D eigenvalue weighted by Gasteiger charge is -2.34. The molecule has 0 spiro atoms. The van der Waals surface area contributed by atoms with Gasteiger partial charge < -0.3 is 14.2 Å². The molecule has 5 nitrogen and oxygen atoms in total. The lowest BCUT2D eigenvalue weighted by molar-refractivity contribution is 0.0745. The molecule has 1 aliphatic heterocycles. The summed E-state index contributed by atoms with van der Waals surface area (Å²) in [4.78, 5) is 21.5. The first-order valence-corrected chi connectivity index (χ1v) is 8.90. The van der Waals surface area contributed by atoms with Crippen LogP contribution in [0.25, 0.3) is 10.2 Å². The van der Waals surface area contributed by atoms with Crippen LogP contribution in [-0.2, 0) is 0 Å². The molecule has 3 aromatic rings. The summed E-state index contributed by atoms with van der Waals surface area (Å²) in [5, 5.41) is 1.04. The highest BCUT2D eigenvalue weighted by Crippen LogP contribution is 2.29. The molecule has 4 rings (SSSR count). The van der Waals surface area contributed by atoms with Crippen LogP contribution in [0.15, 0.2) is 34.7 Å². The van der Waals surface area contributed by atoms with Gasteiger partial charge in [0, 0.05) is 26.2 Å². The summed E-state index contributed by atoms with van der Waals surface area (Å²) in [7, 11) is 0. The minimum atomic E-state index is 0.0632. The SMILES string of the molecule is Cc1cc(C(=O)N2CCN(c3nc4ccccc4s3)CC2)c(C)o1. The number of amides is 1. The van der Waals surface area contributed by atoms with E-state index in [2.05, 4.69) is 11.0 Å². The minimum absolute atomic E-state index is 0.0632. The van der Waals surface area contributed by atoms with Gasteiger partial charge in [-0.25, -0.2) is 4.98 Å². The Morgan fingerprint density at radius 3 is 2.58 bits per heavy atom. The summed E-state index contributed by atoms with van der Waals surface area (Å²) < 4.78 is 6.69. The van der Waals surface area contributed by atoms with Crippen molar-refractivity contribution in [1.82, 2.24) is 9.88 Å². The summed E-state index contributed by atoms with van der Waals surface area (Å²) >= 11 is 1.71. The van der Waals surface area contributed by atoms with Crippen molar-refractivity contribution in [3.63, 3.8) is 0 Å². The maximum absolute atomic E-state index is 12.7. The van der Waals surface area contributed by atoms with Crippen molar-refractivity contribution in [3.8, 4) is 0 Å². The number of nitrogens with zero attached hydrogens (tertiary/aromatic N) is 3. The summed E-state index contributed by atoms with van der Waals surface area (Å²) in [6, 6.07) is 10.0. The summed E-state index contributed by atoms with van der Waals surface area (Å²) in [5.74, 6) is 1.54. The fourth-order valence-electron chi connectivity index (χ4n) is 3.11. The second-order valence-electron chi connectivity index (χ2n) is 6.07. The Balaban J connectivity index is 1.46. The van der Waals surface area contributed by atoms with Crippen molar-refractivity contribution in [2.75, 3.05) is 31.1 Å². The van der Waals surface area contributed by atoms with Crippen LogP contribution in [0, 0.1) is 13.8 Å².